The van der Waals surface area contributed by atoms with E-state index in [-0.39, 0.29) is 0 Å². The molecule has 0 unspecified atom stereocenters. The lowest BCUT2D eigenvalue weighted by atomic mass is 10.2. The summed E-state index contributed by atoms with van der Waals surface area (Å²) in [5.74, 6) is 0.777. The van der Waals surface area contributed by atoms with E-state index in [0.717, 1.165) is 25.4 Å². The van der Waals surface area contributed by atoms with Gasteiger partial charge in [0, 0.05) is 12.6 Å². The van der Waals surface area contributed by atoms with Crippen LogP contribution >= 0.6 is 0 Å². The van der Waals surface area contributed by atoms with Crippen molar-refractivity contribution in [2.75, 3.05) is 37.7 Å². The normalized spacial score (nSPS) is 10.7. The van der Waals surface area contributed by atoms with Crippen molar-refractivity contribution in [1.82, 2.24) is 4.90 Å². The van der Waals surface area contributed by atoms with Crippen molar-refractivity contribution in [1.29, 1.82) is 0 Å². The first kappa shape index (κ1) is 12.6. The van der Waals surface area contributed by atoms with E-state index in [1.807, 2.05) is 6.07 Å². The van der Waals surface area contributed by atoms with Crippen molar-refractivity contribution in [2.45, 2.75) is 13.8 Å². The maximum Gasteiger partial charge on any atom is 0.121 e. The number of benzene rings is 1. The summed E-state index contributed by atoms with van der Waals surface area (Å²) in [5.41, 5.74) is 12.5. The molecule has 0 aromatic heterocycles. The number of nitrogen functional groups attached to an aromatic ring is 2. The van der Waals surface area contributed by atoms with Gasteiger partial charge in [-0.15, -0.1) is 0 Å². The van der Waals surface area contributed by atoms with Gasteiger partial charge in [0.2, 0.25) is 0 Å². The Labute approximate surface area is 97.2 Å². The highest BCUT2D eigenvalue weighted by Gasteiger charge is 2.01. The molecular formula is C12H21N3O. The molecule has 0 saturated carbocycles. The number of likely N-dealkylation sites (N-methyl/N-ethyl adjacent to an activating group) is 1. The van der Waals surface area contributed by atoms with Gasteiger partial charge in [0.15, 0.2) is 0 Å². The van der Waals surface area contributed by atoms with Crippen LogP contribution in [-0.4, -0.2) is 31.1 Å². The summed E-state index contributed by atoms with van der Waals surface area (Å²) in [6.07, 6.45) is 0. The molecular weight excluding hydrogens is 202 g/mol. The molecule has 0 radical (unpaired) electrons. The van der Waals surface area contributed by atoms with Gasteiger partial charge in [-0.2, -0.15) is 0 Å². The highest BCUT2D eigenvalue weighted by molar-refractivity contribution is 5.65. The molecule has 0 bridgehead atoms. The SMILES string of the molecule is CCN(CC)CCOc1ccc(N)c(N)c1. The van der Waals surface area contributed by atoms with E-state index in [9.17, 15) is 0 Å². The molecule has 0 heterocycles. The predicted octanol–water partition coefficient (Wildman–Crippen LogP) is 1.57. The third-order valence-electron chi connectivity index (χ3n) is 2.63. The largest absolute Gasteiger partial charge is 0.492 e. The van der Waals surface area contributed by atoms with Gasteiger partial charge in [-0.05, 0) is 25.2 Å². The van der Waals surface area contributed by atoms with Crippen molar-refractivity contribution in [3.8, 4) is 5.75 Å². The highest BCUT2D eigenvalue weighted by Crippen LogP contribution is 2.21. The first-order valence-corrected chi connectivity index (χ1v) is 5.67. The number of nitrogens with zero attached hydrogens (tertiary/aromatic N) is 1. The van der Waals surface area contributed by atoms with Crippen molar-refractivity contribution < 1.29 is 4.74 Å². The summed E-state index contributed by atoms with van der Waals surface area (Å²) in [6.45, 7) is 7.98. The lowest BCUT2D eigenvalue weighted by Gasteiger charge is -2.18. The molecule has 0 atom stereocenters. The lowest BCUT2D eigenvalue weighted by molar-refractivity contribution is 0.223. The van der Waals surface area contributed by atoms with Crippen molar-refractivity contribution in [2.24, 2.45) is 0 Å². The van der Waals surface area contributed by atoms with Crippen LogP contribution in [-0.2, 0) is 0 Å². The highest BCUT2D eigenvalue weighted by atomic mass is 16.5. The molecule has 0 saturated heterocycles. The molecule has 90 valence electrons. The molecule has 0 aliphatic carbocycles. The zero-order chi connectivity index (χ0) is 12.0. The Morgan fingerprint density at radius 1 is 1.12 bits per heavy atom. The summed E-state index contributed by atoms with van der Waals surface area (Å²) in [5, 5.41) is 0. The number of hydrogen-bond donors (Lipinski definition) is 2. The summed E-state index contributed by atoms with van der Waals surface area (Å²) < 4.78 is 5.60. The Hall–Kier alpha value is -1.42. The predicted molar refractivity (Wildman–Crippen MR) is 68.5 cm³/mol. The lowest BCUT2D eigenvalue weighted by Crippen LogP contribution is -2.27. The monoisotopic (exact) mass is 223 g/mol. The Morgan fingerprint density at radius 3 is 2.38 bits per heavy atom. The fraction of sp³-hybridized carbons (Fsp3) is 0.500. The number of anilines is 2. The second-order valence-electron chi connectivity index (χ2n) is 3.67. The van der Waals surface area contributed by atoms with Crippen LogP contribution in [0.3, 0.4) is 0 Å². The average molecular weight is 223 g/mol. The van der Waals surface area contributed by atoms with Gasteiger partial charge in [-0.3, -0.25) is 0 Å². The molecule has 1 aromatic carbocycles. The maximum absolute atomic E-state index is 5.69. The van der Waals surface area contributed by atoms with E-state index >= 15 is 0 Å². The van der Waals surface area contributed by atoms with Crippen LogP contribution in [0.5, 0.6) is 5.75 Å². The molecule has 1 aromatic rings. The smallest absolute Gasteiger partial charge is 0.121 e. The number of rotatable bonds is 6. The van der Waals surface area contributed by atoms with Crippen molar-refractivity contribution in [3.05, 3.63) is 18.2 Å². The zero-order valence-corrected chi connectivity index (χ0v) is 10.1. The molecule has 4 heteroatoms. The van der Waals surface area contributed by atoms with Crippen molar-refractivity contribution >= 4 is 11.4 Å². The number of ether oxygens (including phenoxy) is 1. The minimum atomic E-state index is 0.570. The van der Waals surface area contributed by atoms with Gasteiger partial charge in [-0.1, -0.05) is 13.8 Å². The van der Waals surface area contributed by atoms with Gasteiger partial charge in [0.25, 0.3) is 0 Å². The van der Waals surface area contributed by atoms with Gasteiger partial charge >= 0.3 is 0 Å². The van der Waals surface area contributed by atoms with Crippen LogP contribution < -0.4 is 16.2 Å². The molecule has 0 amide bonds. The average Bonchev–Trinajstić information content (AvgIpc) is 2.29. The van der Waals surface area contributed by atoms with E-state index in [1.54, 1.807) is 12.1 Å². The third-order valence-corrected chi connectivity index (χ3v) is 2.63. The zero-order valence-electron chi connectivity index (χ0n) is 10.1. The van der Waals surface area contributed by atoms with Crippen LogP contribution in [0.1, 0.15) is 13.8 Å². The second-order valence-corrected chi connectivity index (χ2v) is 3.67. The van der Waals surface area contributed by atoms with Crippen molar-refractivity contribution in [3.63, 3.8) is 0 Å². The minimum Gasteiger partial charge on any atom is -0.492 e. The summed E-state index contributed by atoms with van der Waals surface area (Å²) in [6, 6.07) is 5.37. The molecule has 1 rings (SSSR count). The first-order chi connectivity index (χ1) is 7.67. The molecule has 16 heavy (non-hydrogen) atoms. The Kier molecular flexibility index (Phi) is 4.92. The topological polar surface area (TPSA) is 64.5 Å². The van der Waals surface area contributed by atoms with Crippen LogP contribution in [0.25, 0.3) is 0 Å². The summed E-state index contributed by atoms with van der Waals surface area (Å²) in [7, 11) is 0. The molecule has 0 aliphatic rings. The maximum atomic E-state index is 5.69. The van der Waals surface area contributed by atoms with Gasteiger partial charge in [0.05, 0.1) is 11.4 Å². The number of hydrogen-bond acceptors (Lipinski definition) is 4. The van der Waals surface area contributed by atoms with Gasteiger partial charge < -0.3 is 21.1 Å². The van der Waals surface area contributed by atoms with E-state index < -0.39 is 0 Å². The van der Waals surface area contributed by atoms with Gasteiger partial charge in [-0.25, -0.2) is 0 Å². The van der Waals surface area contributed by atoms with E-state index in [4.69, 9.17) is 16.2 Å². The first-order valence-electron chi connectivity index (χ1n) is 5.67. The number of nitrogens with two attached hydrogens (primary N) is 2. The summed E-state index contributed by atoms with van der Waals surface area (Å²) in [4.78, 5) is 2.31. The fourth-order valence-corrected chi connectivity index (χ4v) is 1.48. The second kappa shape index (κ2) is 6.23. The fourth-order valence-electron chi connectivity index (χ4n) is 1.48. The molecule has 4 nitrogen and oxygen atoms in total. The quantitative estimate of drug-likeness (QED) is 0.718. The molecule has 0 aliphatic heterocycles. The van der Waals surface area contributed by atoms with Crippen LogP contribution in [0, 0.1) is 0 Å². The minimum absolute atomic E-state index is 0.570. The molecule has 4 N–H and O–H groups in total. The van der Waals surface area contributed by atoms with Crippen LogP contribution in [0.4, 0.5) is 11.4 Å². The van der Waals surface area contributed by atoms with Crippen LogP contribution in [0.2, 0.25) is 0 Å². The van der Waals surface area contributed by atoms with Crippen LogP contribution in [0.15, 0.2) is 18.2 Å². The van der Waals surface area contributed by atoms with E-state index in [1.165, 1.54) is 0 Å². The third kappa shape index (κ3) is 3.62. The Morgan fingerprint density at radius 2 is 1.81 bits per heavy atom. The Bertz CT molecular complexity index is 324. The molecule has 0 fully saturated rings. The van der Waals surface area contributed by atoms with E-state index in [2.05, 4.69) is 18.7 Å². The Balaban J connectivity index is 2.40. The van der Waals surface area contributed by atoms with Gasteiger partial charge in [0.1, 0.15) is 12.4 Å². The summed E-state index contributed by atoms with van der Waals surface area (Å²) >= 11 is 0. The van der Waals surface area contributed by atoms with E-state index in [0.29, 0.717) is 18.0 Å². The standard InChI is InChI=1S/C12H21N3O/c1-3-15(4-2)7-8-16-10-5-6-11(13)12(14)9-10/h5-6,9H,3-4,7-8,13-14H2,1-2H3. The molecule has 0 spiro atoms.